The monoisotopic (exact) mass is 277 g/mol. The number of H-pyrrole nitrogens is 1. The van der Waals surface area contributed by atoms with Gasteiger partial charge in [0.15, 0.2) is 0 Å². The zero-order valence-electron chi connectivity index (χ0n) is 11.7. The molecule has 0 aliphatic carbocycles. The molecule has 0 fully saturated rings. The van der Waals surface area contributed by atoms with Crippen molar-refractivity contribution in [1.82, 2.24) is 30.3 Å². The van der Waals surface area contributed by atoms with E-state index in [9.17, 15) is 4.79 Å². The molecule has 8 nitrogen and oxygen atoms in total. The number of carbonyl (C=O) groups is 1. The van der Waals surface area contributed by atoms with Crippen LogP contribution in [0.5, 0.6) is 0 Å². The molecular weight excluding hydrogens is 258 g/mol. The van der Waals surface area contributed by atoms with Crippen molar-refractivity contribution in [1.29, 1.82) is 0 Å². The number of carbonyl (C=O) groups excluding carboxylic acids is 1. The summed E-state index contributed by atoms with van der Waals surface area (Å²) >= 11 is 0. The van der Waals surface area contributed by atoms with E-state index >= 15 is 0 Å². The first-order valence-corrected chi connectivity index (χ1v) is 6.58. The van der Waals surface area contributed by atoms with Crippen molar-refractivity contribution in [3.8, 4) is 0 Å². The highest BCUT2D eigenvalue weighted by Crippen LogP contribution is 2.16. The number of hydrogen-bond acceptors (Lipinski definition) is 5. The first-order valence-electron chi connectivity index (χ1n) is 6.58. The third-order valence-electron chi connectivity index (χ3n) is 3.03. The Balaban J connectivity index is 1.88. The first-order chi connectivity index (χ1) is 9.63. The molecule has 8 heteroatoms. The standard InChI is InChI=1S/C12H19N7O/c1-3-19-11(10(13)8(2)18-19)12(20)14-6-4-5-9-15-7-16-17-9/h7H,3-6,13H2,1-2H3,(H,14,20)(H,15,16,17). The number of anilines is 1. The molecule has 108 valence electrons. The van der Waals surface area contributed by atoms with E-state index in [1.807, 2.05) is 6.92 Å². The molecule has 2 heterocycles. The van der Waals surface area contributed by atoms with Crippen LogP contribution in [0.4, 0.5) is 5.69 Å². The van der Waals surface area contributed by atoms with E-state index in [4.69, 9.17) is 5.73 Å². The van der Waals surface area contributed by atoms with Crippen LogP contribution >= 0.6 is 0 Å². The molecule has 2 aromatic heterocycles. The Morgan fingerprint density at radius 3 is 3.00 bits per heavy atom. The Hall–Kier alpha value is -2.38. The highest BCUT2D eigenvalue weighted by molar-refractivity contribution is 5.97. The van der Waals surface area contributed by atoms with Crippen molar-refractivity contribution in [2.24, 2.45) is 0 Å². The van der Waals surface area contributed by atoms with Crippen LogP contribution in [-0.2, 0) is 13.0 Å². The zero-order chi connectivity index (χ0) is 14.5. The number of aromatic amines is 1. The van der Waals surface area contributed by atoms with Gasteiger partial charge in [-0.25, -0.2) is 4.98 Å². The number of aryl methyl sites for hydroxylation is 3. The van der Waals surface area contributed by atoms with Gasteiger partial charge in [-0.15, -0.1) is 0 Å². The summed E-state index contributed by atoms with van der Waals surface area (Å²) in [5.74, 6) is 0.621. The maximum atomic E-state index is 12.1. The molecule has 1 amide bonds. The van der Waals surface area contributed by atoms with Crippen molar-refractivity contribution in [3.63, 3.8) is 0 Å². The molecule has 0 spiro atoms. The quantitative estimate of drug-likeness (QED) is 0.656. The number of amides is 1. The van der Waals surface area contributed by atoms with Gasteiger partial charge in [0.1, 0.15) is 17.8 Å². The zero-order valence-corrected chi connectivity index (χ0v) is 11.7. The van der Waals surface area contributed by atoms with E-state index in [1.165, 1.54) is 6.33 Å². The van der Waals surface area contributed by atoms with Crippen LogP contribution in [0.2, 0.25) is 0 Å². The maximum Gasteiger partial charge on any atom is 0.271 e. The van der Waals surface area contributed by atoms with E-state index in [1.54, 1.807) is 11.6 Å². The van der Waals surface area contributed by atoms with E-state index in [0.717, 1.165) is 18.7 Å². The molecule has 20 heavy (non-hydrogen) atoms. The summed E-state index contributed by atoms with van der Waals surface area (Å²) in [5.41, 5.74) is 7.45. The van der Waals surface area contributed by atoms with Crippen LogP contribution in [-0.4, -0.2) is 37.4 Å². The Kier molecular flexibility index (Phi) is 4.34. The van der Waals surface area contributed by atoms with E-state index in [-0.39, 0.29) is 5.91 Å². The number of rotatable bonds is 6. The van der Waals surface area contributed by atoms with Gasteiger partial charge >= 0.3 is 0 Å². The van der Waals surface area contributed by atoms with Gasteiger partial charge < -0.3 is 11.1 Å². The highest BCUT2D eigenvalue weighted by Gasteiger charge is 2.18. The van der Waals surface area contributed by atoms with Gasteiger partial charge in [-0.05, 0) is 20.3 Å². The summed E-state index contributed by atoms with van der Waals surface area (Å²) in [5, 5.41) is 13.6. The second-order valence-corrected chi connectivity index (χ2v) is 4.46. The third kappa shape index (κ3) is 2.95. The van der Waals surface area contributed by atoms with Crippen molar-refractivity contribution in [2.45, 2.75) is 33.2 Å². The third-order valence-corrected chi connectivity index (χ3v) is 3.03. The fourth-order valence-electron chi connectivity index (χ4n) is 1.96. The van der Waals surface area contributed by atoms with Gasteiger partial charge in [-0.2, -0.15) is 10.2 Å². The molecule has 0 aromatic carbocycles. The van der Waals surface area contributed by atoms with Crippen LogP contribution in [0.25, 0.3) is 0 Å². The van der Waals surface area contributed by atoms with Gasteiger partial charge in [-0.3, -0.25) is 14.6 Å². The number of nitrogen functional groups attached to an aromatic ring is 1. The largest absolute Gasteiger partial charge is 0.395 e. The summed E-state index contributed by atoms with van der Waals surface area (Å²) in [7, 11) is 0. The molecule has 2 rings (SSSR count). The van der Waals surface area contributed by atoms with Gasteiger partial charge in [0, 0.05) is 19.5 Å². The minimum absolute atomic E-state index is 0.192. The second kappa shape index (κ2) is 6.18. The van der Waals surface area contributed by atoms with Crippen LogP contribution in [0.15, 0.2) is 6.33 Å². The van der Waals surface area contributed by atoms with E-state index in [2.05, 4.69) is 25.6 Å². The Labute approximate surface area is 116 Å². The van der Waals surface area contributed by atoms with Crippen LogP contribution < -0.4 is 11.1 Å². The predicted molar refractivity (Wildman–Crippen MR) is 74.1 cm³/mol. The molecule has 4 N–H and O–H groups in total. The van der Waals surface area contributed by atoms with Crippen molar-refractivity contribution in [2.75, 3.05) is 12.3 Å². The lowest BCUT2D eigenvalue weighted by Crippen LogP contribution is -2.28. The van der Waals surface area contributed by atoms with Crippen molar-refractivity contribution >= 4 is 11.6 Å². The minimum atomic E-state index is -0.192. The smallest absolute Gasteiger partial charge is 0.271 e. The highest BCUT2D eigenvalue weighted by atomic mass is 16.2. The van der Waals surface area contributed by atoms with Gasteiger partial charge in [0.25, 0.3) is 5.91 Å². The molecule has 0 atom stereocenters. The molecule has 0 radical (unpaired) electrons. The molecule has 0 unspecified atom stereocenters. The summed E-state index contributed by atoms with van der Waals surface area (Å²) in [4.78, 5) is 16.2. The molecule has 0 bridgehead atoms. The van der Waals surface area contributed by atoms with Crippen molar-refractivity contribution < 1.29 is 4.79 Å². The fraction of sp³-hybridized carbons (Fsp3) is 0.500. The topological polar surface area (TPSA) is 115 Å². The van der Waals surface area contributed by atoms with Gasteiger partial charge in [0.2, 0.25) is 0 Å². The number of hydrogen-bond donors (Lipinski definition) is 3. The normalized spacial score (nSPS) is 10.7. The maximum absolute atomic E-state index is 12.1. The fourth-order valence-corrected chi connectivity index (χ4v) is 1.96. The van der Waals surface area contributed by atoms with E-state index in [0.29, 0.717) is 30.2 Å². The van der Waals surface area contributed by atoms with Crippen LogP contribution in [0.1, 0.15) is 35.4 Å². The summed E-state index contributed by atoms with van der Waals surface area (Å²) in [6, 6.07) is 0. The summed E-state index contributed by atoms with van der Waals surface area (Å²) in [6.07, 6.45) is 2.99. The Morgan fingerprint density at radius 1 is 1.55 bits per heavy atom. The average Bonchev–Trinajstić information content (AvgIpc) is 3.04. The number of nitrogens with one attached hydrogen (secondary N) is 2. The molecule has 2 aromatic rings. The Bertz CT molecular complexity index is 573. The van der Waals surface area contributed by atoms with E-state index < -0.39 is 0 Å². The Morgan fingerprint density at radius 2 is 2.35 bits per heavy atom. The van der Waals surface area contributed by atoms with Crippen LogP contribution in [0, 0.1) is 6.92 Å². The lowest BCUT2D eigenvalue weighted by Gasteiger charge is -2.07. The SMILES string of the molecule is CCn1nc(C)c(N)c1C(=O)NCCCc1ncn[nH]1. The lowest BCUT2D eigenvalue weighted by atomic mass is 10.2. The molecule has 0 saturated heterocycles. The molecule has 0 aliphatic heterocycles. The number of nitrogens with two attached hydrogens (primary N) is 1. The summed E-state index contributed by atoms with van der Waals surface area (Å²) in [6.45, 7) is 4.88. The molecule has 0 saturated carbocycles. The molecule has 0 aliphatic rings. The lowest BCUT2D eigenvalue weighted by molar-refractivity contribution is 0.0943. The minimum Gasteiger partial charge on any atom is -0.395 e. The van der Waals surface area contributed by atoms with Gasteiger partial charge in [-0.1, -0.05) is 0 Å². The number of aromatic nitrogens is 5. The average molecular weight is 277 g/mol. The molecular formula is C12H19N7O. The summed E-state index contributed by atoms with van der Waals surface area (Å²) < 4.78 is 1.62. The van der Waals surface area contributed by atoms with Crippen molar-refractivity contribution in [3.05, 3.63) is 23.5 Å². The first kappa shape index (κ1) is 14.0. The number of nitrogens with zero attached hydrogens (tertiary/aromatic N) is 4. The van der Waals surface area contributed by atoms with Gasteiger partial charge in [0.05, 0.1) is 11.4 Å². The predicted octanol–water partition coefficient (Wildman–Crippen LogP) is 0.274. The second-order valence-electron chi connectivity index (χ2n) is 4.46. The van der Waals surface area contributed by atoms with Crippen LogP contribution in [0.3, 0.4) is 0 Å².